The van der Waals surface area contributed by atoms with Gasteiger partial charge in [0.1, 0.15) is 0 Å². The van der Waals surface area contributed by atoms with Crippen molar-refractivity contribution in [3.63, 3.8) is 0 Å². The Hall–Kier alpha value is -0.610. The second kappa shape index (κ2) is 6.71. The lowest BCUT2D eigenvalue weighted by molar-refractivity contribution is -0.138. The van der Waals surface area contributed by atoms with E-state index in [9.17, 15) is 4.79 Å². The summed E-state index contributed by atoms with van der Waals surface area (Å²) >= 11 is 0. The van der Waals surface area contributed by atoms with E-state index in [4.69, 9.17) is 10.8 Å². The number of aliphatic hydroxyl groups is 1. The maximum atomic E-state index is 12.7. The van der Waals surface area contributed by atoms with Crippen molar-refractivity contribution >= 4 is 5.91 Å². The Kier molecular flexibility index (Phi) is 5.22. The number of carbonyl (C=O) groups excluding carboxylic acids is 1. The highest BCUT2D eigenvalue weighted by Gasteiger charge is 2.36. The van der Waals surface area contributed by atoms with E-state index in [1.807, 2.05) is 0 Å². The largest absolute Gasteiger partial charge is 0.396 e. The van der Waals surface area contributed by atoms with Crippen molar-refractivity contribution in [3.8, 4) is 0 Å². The topological polar surface area (TPSA) is 66.6 Å². The summed E-state index contributed by atoms with van der Waals surface area (Å²) in [4.78, 5) is 14.7. The van der Waals surface area contributed by atoms with Crippen molar-refractivity contribution in [2.75, 3.05) is 13.2 Å². The van der Waals surface area contributed by atoms with Crippen molar-refractivity contribution in [1.29, 1.82) is 0 Å². The predicted octanol–water partition coefficient (Wildman–Crippen LogP) is 1.51. The van der Waals surface area contributed by atoms with E-state index >= 15 is 0 Å². The molecule has 2 aliphatic rings. The number of hydrogen-bond donors (Lipinski definition) is 2. The fraction of sp³-hybridized carbons (Fsp3) is 0.933. The second-order valence-corrected chi connectivity index (χ2v) is 6.46. The van der Waals surface area contributed by atoms with Gasteiger partial charge in [-0.15, -0.1) is 0 Å². The molecule has 0 aromatic rings. The van der Waals surface area contributed by atoms with Crippen molar-refractivity contribution in [2.45, 2.75) is 64.0 Å². The molecule has 2 fully saturated rings. The van der Waals surface area contributed by atoms with Crippen LogP contribution in [-0.2, 0) is 4.79 Å². The van der Waals surface area contributed by atoms with Gasteiger partial charge in [-0.1, -0.05) is 6.92 Å². The van der Waals surface area contributed by atoms with Crippen LogP contribution in [0.3, 0.4) is 0 Å². The van der Waals surface area contributed by atoms with Crippen LogP contribution in [0.2, 0.25) is 0 Å². The van der Waals surface area contributed by atoms with E-state index in [2.05, 4.69) is 11.8 Å². The molecule has 19 heavy (non-hydrogen) atoms. The number of aliphatic hydroxyl groups excluding tert-OH is 1. The highest BCUT2D eigenvalue weighted by atomic mass is 16.3. The summed E-state index contributed by atoms with van der Waals surface area (Å²) in [5.74, 6) is 1.02. The van der Waals surface area contributed by atoms with E-state index in [1.165, 1.54) is 0 Å². The molecule has 1 amide bonds. The maximum absolute atomic E-state index is 12.7. The van der Waals surface area contributed by atoms with Gasteiger partial charge in [-0.3, -0.25) is 4.79 Å². The van der Waals surface area contributed by atoms with Crippen molar-refractivity contribution in [1.82, 2.24) is 4.90 Å². The van der Waals surface area contributed by atoms with Gasteiger partial charge in [-0.2, -0.15) is 0 Å². The number of amides is 1. The minimum absolute atomic E-state index is 0.133. The molecule has 1 aliphatic heterocycles. The zero-order valence-corrected chi connectivity index (χ0v) is 12.1. The van der Waals surface area contributed by atoms with E-state index in [1.54, 1.807) is 0 Å². The fourth-order valence-corrected chi connectivity index (χ4v) is 3.85. The van der Waals surface area contributed by atoms with E-state index in [-0.39, 0.29) is 18.6 Å². The zero-order valence-electron chi connectivity index (χ0n) is 12.1. The summed E-state index contributed by atoms with van der Waals surface area (Å²) < 4.78 is 0. The monoisotopic (exact) mass is 268 g/mol. The standard InChI is InChI=1S/C15H28N2O2/c1-11-8-12(10-13(16)9-11)15(19)17-6-2-4-14(17)5-3-7-18/h11-14,18H,2-10,16H2,1H3. The number of rotatable bonds is 4. The van der Waals surface area contributed by atoms with Crippen LogP contribution in [0.15, 0.2) is 0 Å². The molecule has 0 bridgehead atoms. The Bertz CT molecular complexity index is 299. The molecule has 3 N–H and O–H groups in total. The molecule has 0 aromatic heterocycles. The first-order chi connectivity index (χ1) is 9.11. The van der Waals surface area contributed by atoms with E-state index < -0.39 is 0 Å². The van der Waals surface area contributed by atoms with Crippen LogP contribution < -0.4 is 5.73 Å². The Morgan fingerprint density at radius 1 is 1.37 bits per heavy atom. The quantitative estimate of drug-likeness (QED) is 0.812. The Morgan fingerprint density at radius 2 is 2.16 bits per heavy atom. The lowest BCUT2D eigenvalue weighted by Gasteiger charge is -2.35. The minimum atomic E-state index is 0.133. The normalized spacial score (nSPS) is 35.6. The molecule has 1 heterocycles. The van der Waals surface area contributed by atoms with Crippen LogP contribution in [0, 0.1) is 11.8 Å². The van der Waals surface area contributed by atoms with Crippen LogP contribution in [0.25, 0.3) is 0 Å². The lowest BCUT2D eigenvalue weighted by Crippen LogP contribution is -2.44. The smallest absolute Gasteiger partial charge is 0.225 e. The van der Waals surface area contributed by atoms with Gasteiger partial charge in [0.25, 0.3) is 0 Å². The summed E-state index contributed by atoms with van der Waals surface area (Å²) in [6.45, 7) is 3.32. The molecule has 110 valence electrons. The first kappa shape index (κ1) is 14.8. The minimum Gasteiger partial charge on any atom is -0.396 e. The summed E-state index contributed by atoms with van der Waals surface area (Å²) in [5, 5.41) is 8.95. The molecule has 0 radical (unpaired) electrons. The van der Waals surface area contributed by atoms with Gasteiger partial charge in [0, 0.05) is 31.2 Å². The van der Waals surface area contributed by atoms with Gasteiger partial charge < -0.3 is 15.7 Å². The SMILES string of the molecule is CC1CC(N)CC(C(=O)N2CCCC2CCCO)C1. The van der Waals surface area contributed by atoms with Crippen LogP contribution in [0.4, 0.5) is 0 Å². The molecule has 0 spiro atoms. The van der Waals surface area contributed by atoms with Gasteiger partial charge in [-0.05, 0) is 50.9 Å². The third-order valence-electron chi connectivity index (χ3n) is 4.68. The molecule has 1 aliphatic carbocycles. The third-order valence-corrected chi connectivity index (χ3v) is 4.68. The Morgan fingerprint density at radius 3 is 2.84 bits per heavy atom. The molecule has 4 heteroatoms. The lowest BCUT2D eigenvalue weighted by atomic mass is 9.79. The van der Waals surface area contributed by atoms with Crippen LogP contribution in [0.1, 0.15) is 51.9 Å². The van der Waals surface area contributed by atoms with Crippen LogP contribution in [-0.4, -0.2) is 41.1 Å². The predicted molar refractivity (Wildman–Crippen MR) is 75.5 cm³/mol. The van der Waals surface area contributed by atoms with Crippen molar-refractivity contribution in [2.24, 2.45) is 17.6 Å². The van der Waals surface area contributed by atoms with Crippen LogP contribution in [0.5, 0.6) is 0 Å². The molecule has 4 nitrogen and oxygen atoms in total. The van der Waals surface area contributed by atoms with Gasteiger partial charge >= 0.3 is 0 Å². The van der Waals surface area contributed by atoms with Gasteiger partial charge in [-0.25, -0.2) is 0 Å². The maximum Gasteiger partial charge on any atom is 0.225 e. The molecule has 4 atom stereocenters. The highest BCUT2D eigenvalue weighted by Crippen LogP contribution is 2.32. The second-order valence-electron chi connectivity index (χ2n) is 6.46. The van der Waals surface area contributed by atoms with E-state index in [0.717, 1.165) is 51.5 Å². The molecular formula is C15H28N2O2. The van der Waals surface area contributed by atoms with Crippen molar-refractivity contribution in [3.05, 3.63) is 0 Å². The summed E-state index contributed by atoms with van der Waals surface area (Å²) in [5.41, 5.74) is 6.06. The van der Waals surface area contributed by atoms with Crippen LogP contribution >= 0.6 is 0 Å². The number of carbonyl (C=O) groups is 1. The number of hydrogen-bond acceptors (Lipinski definition) is 3. The molecular weight excluding hydrogens is 240 g/mol. The highest BCUT2D eigenvalue weighted by molar-refractivity contribution is 5.79. The van der Waals surface area contributed by atoms with Gasteiger partial charge in [0.05, 0.1) is 0 Å². The first-order valence-corrected chi connectivity index (χ1v) is 7.78. The number of nitrogens with zero attached hydrogens (tertiary/aromatic N) is 1. The first-order valence-electron chi connectivity index (χ1n) is 7.78. The van der Waals surface area contributed by atoms with Gasteiger partial charge in [0.15, 0.2) is 0 Å². The molecule has 1 saturated heterocycles. The number of likely N-dealkylation sites (tertiary alicyclic amines) is 1. The third kappa shape index (κ3) is 3.69. The van der Waals surface area contributed by atoms with E-state index in [0.29, 0.717) is 17.9 Å². The fourth-order valence-electron chi connectivity index (χ4n) is 3.85. The summed E-state index contributed by atoms with van der Waals surface area (Å²) in [7, 11) is 0. The molecule has 1 saturated carbocycles. The summed E-state index contributed by atoms with van der Waals surface area (Å²) in [6, 6.07) is 0.546. The Balaban J connectivity index is 1.94. The number of nitrogens with two attached hydrogens (primary N) is 1. The average molecular weight is 268 g/mol. The molecule has 2 rings (SSSR count). The van der Waals surface area contributed by atoms with Gasteiger partial charge in [0.2, 0.25) is 5.91 Å². The van der Waals surface area contributed by atoms with Crippen molar-refractivity contribution < 1.29 is 9.90 Å². The average Bonchev–Trinajstić information content (AvgIpc) is 2.82. The summed E-state index contributed by atoms with van der Waals surface area (Å²) in [6.07, 6.45) is 6.85. The molecule has 4 unspecified atom stereocenters. The zero-order chi connectivity index (χ0) is 13.8. The molecule has 0 aromatic carbocycles. The Labute approximate surface area is 116 Å².